The van der Waals surface area contributed by atoms with Crippen molar-refractivity contribution < 1.29 is 29.3 Å². The maximum atomic E-state index is 11.7. The molecule has 2 N–H and O–H groups in total. The Kier molecular flexibility index (Phi) is 4.07. The fraction of sp³-hybridized carbons (Fsp3) is 0.857. The number of fused-ring (bicyclic) bond motifs is 3. The molecule has 0 aromatic heterocycles. The van der Waals surface area contributed by atoms with Crippen LogP contribution in [0.3, 0.4) is 0 Å². The maximum absolute atomic E-state index is 11.7. The molecule has 6 heteroatoms. The summed E-state index contributed by atoms with van der Waals surface area (Å²) in [5.41, 5.74) is -1.72. The second kappa shape index (κ2) is 5.33. The number of hydrogen-bond acceptors (Lipinski definition) is 4. The SMILES string of the molecule is CCOC12CCC(OCC)(CC1)[C@@H](C(=O)O)[C@@H]2C(=O)O. The number of hydrogen-bond donors (Lipinski definition) is 2. The molecule has 20 heavy (non-hydrogen) atoms. The van der Waals surface area contributed by atoms with Crippen molar-refractivity contribution in [2.45, 2.75) is 50.7 Å². The summed E-state index contributed by atoms with van der Waals surface area (Å²) < 4.78 is 11.5. The van der Waals surface area contributed by atoms with Gasteiger partial charge >= 0.3 is 11.9 Å². The highest BCUT2D eigenvalue weighted by Gasteiger charge is 2.66. The van der Waals surface area contributed by atoms with Crippen LogP contribution < -0.4 is 0 Å². The average molecular weight is 286 g/mol. The summed E-state index contributed by atoms with van der Waals surface area (Å²) >= 11 is 0. The Morgan fingerprint density at radius 2 is 1.20 bits per heavy atom. The third kappa shape index (κ3) is 2.11. The summed E-state index contributed by atoms with van der Waals surface area (Å²) in [4.78, 5) is 23.4. The normalized spacial score (nSPS) is 39.7. The topological polar surface area (TPSA) is 93.1 Å². The number of aliphatic carboxylic acids is 2. The summed E-state index contributed by atoms with van der Waals surface area (Å²) in [6.07, 6.45) is 2.17. The average Bonchev–Trinajstić information content (AvgIpc) is 2.39. The van der Waals surface area contributed by atoms with Gasteiger partial charge < -0.3 is 19.7 Å². The molecular formula is C14H22O6. The van der Waals surface area contributed by atoms with E-state index in [4.69, 9.17) is 9.47 Å². The molecule has 3 aliphatic rings. The van der Waals surface area contributed by atoms with Crippen LogP contribution >= 0.6 is 0 Å². The zero-order valence-corrected chi connectivity index (χ0v) is 11.9. The predicted octanol–water partition coefficient (Wildman–Crippen LogP) is 1.53. The van der Waals surface area contributed by atoms with Crippen molar-refractivity contribution in [2.75, 3.05) is 13.2 Å². The van der Waals surface area contributed by atoms with Crippen molar-refractivity contribution in [2.24, 2.45) is 11.8 Å². The molecule has 0 saturated heterocycles. The predicted molar refractivity (Wildman–Crippen MR) is 69.4 cm³/mol. The van der Waals surface area contributed by atoms with Crippen LogP contribution in [0.1, 0.15) is 39.5 Å². The van der Waals surface area contributed by atoms with E-state index in [1.807, 2.05) is 13.8 Å². The summed E-state index contributed by atoms with van der Waals surface area (Å²) in [6.45, 7) is 4.39. The Balaban J connectivity index is 2.45. The molecule has 6 nitrogen and oxygen atoms in total. The van der Waals surface area contributed by atoms with Gasteiger partial charge in [-0.2, -0.15) is 0 Å². The van der Waals surface area contributed by atoms with E-state index in [0.29, 0.717) is 38.9 Å². The van der Waals surface area contributed by atoms with Crippen LogP contribution in [0.4, 0.5) is 0 Å². The van der Waals surface area contributed by atoms with Crippen molar-refractivity contribution in [3.8, 4) is 0 Å². The van der Waals surface area contributed by atoms with E-state index in [1.54, 1.807) is 0 Å². The van der Waals surface area contributed by atoms with Gasteiger partial charge in [-0.15, -0.1) is 0 Å². The summed E-state index contributed by atoms with van der Waals surface area (Å²) in [5.74, 6) is -4.30. The van der Waals surface area contributed by atoms with E-state index in [2.05, 4.69) is 0 Å². The van der Waals surface area contributed by atoms with Crippen LogP contribution in [0.15, 0.2) is 0 Å². The highest BCUT2D eigenvalue weighted by molar-refractivity contribution is 5.83. The van der Waals surface area contributed by atoms with Gasteiger partial charge in [0.1, 0.15) is 11.8 Å². The van der Waals surface area contributed by atoms with E-state index in [-0.39, 0.29) is 0 Å². The first-order valence-electron chi connectivity index (χ1n) is 7.16. The molecule has 0 radical (unpaired) electrons. The molecule has 0 aromatic carbocycles. The molecule has 0 heterocycles. The Morgan fingerprint density at radius 1 is 0.900 bits per heavy atom. The lowest BCUT2D eigenvalue weighted by atomic mass is 9.53. The molecule has 3 aliphatic carbocycles. The van der Waals surface area contributed by atoms with Gasteiger partial charge in [-0.05, 0) is 39.5 Å². The Hall–Kier alpha value is -1.14. The minimum atomic E-state index is -1.10. The molecule has 2 atom stereocenters. The van der Waals surface area contributed by atoms with Gasteiger partial charge in [0.15, 0.2) is 0 Å². The van der Waals surface area contributed by atoms with E-state index in [9.17, 15) is 19.8 Å². The Morgan fingerprint density at radius 3 is 1.40 bits per heavy atom. The lowest BCUT2D eigenvalue weighted by molar-refractivity contribution is -0.250. The second-order valence-electron chi connectivity index (χ2n) is 5.63. The minimum Gasteiger partial charge on any atom is -0.481 e. The molecule has 3 fully saturated rings. The van der Waals surface area contributed by atoms with Crippen molar-refractivity contribution >= 4 is 11.9 Å². The van der Waals surface area contributed by atoms with E-state index < -0.39 is 35.0 Å². The molecule has 114 valence electrons. The van der Waals surface area contributed by atoms with E-state index >= 15 is 0 Å². The van der Waals surface area contributed by atoms with Crippen LogP contribution in [-0.4, -0.2) is 46.6 Å². The summed E-state index contributed by atoms with van der Waals surface area (Å²) in [6, 6.07) is 0. The number of carboxylic acid groups (broad SMARTS) is 2. The first-order chi connectivity index (χ1) is 9.42. The lowest BCUT2D eigenvalue weighted by Crippen LogP contribution is -2.67. The third-order valence-electron chi connectivity index (χ3n) is 4.81. The zero-order valence-electron chi connectivity index (χ0n) is 11.9. The summed E-state index contributed by atoms with van der Waals surface area (Å²) in [5, 5.41) is 19.1. The van der Waals surface area contributed by atoms with Crippen LogP contribution in [0, 0.1) is 11.8 Å². The molecule has 0 amide bonds. The molecule has 0 spiro atoms. The molecule has 0 aromatic rings. The Labute approximate surface area is 118 Å². The van der Waals surface area contributed by atoms with Crippen molar-refractivity contribution in [1.82, 2.24) is 0 Å². The molecule has 2 bridgehead atoms. The van der Waals surface area contributed by atoms with Gasteiger partial charge in [0.05, 0.1) is 11.2 Å². The number of carbonyl (C=O) groups is 2. The lowest BCUT2D eigenvalue weighted by Gasteiger charge is -2.58. The number of carboxylic acids is 2. The van der Waals surface area contributed by atoms with Gasteiger partial charge in [0.2, 0.25) is 0 Å². The molecular weight excluding hydrogens is 264 g/mol. The number of rotatable bonds is 6. The van der Waals surface area contributed by atoms with Crippen molar-refractivity contribution in [1.29, 1.82) is 0 Å². The third-order valence-corrected chi connectivity index (χ3v) is 4.81. The first kappa shape index (κ1) is 15.3. The van der Waals surface area contributed by atoms with Crippen LogP contribution in [0.5, 0.6) is 0 Å². The van der Waals surface area contributed by atoms with Crippen LogP contribution in [0.2, 0.25) is 0 Å². The van der Waals surface area contributed by atoms with Gasteiger partial charge in [-0.3, -0.25) is 9.59 Å². The maximum Gasteiger partial charge on any atom is 0.310 e. The van der Waals surface area contributed by atoms with Gasteiger partial charge in [-0.25, -0.2) is 0 Å². The standard InChI is InChI=1S/C14H22O6/c1-3-19-13-5-7-14(8-6-13,20-4-2)10(12(17)18)9(13)11(15)16/h9-10H,3-8H2,1-2H3,(H,15,16)(H,17,18)/t9-,10-,13?,14?/m1/s1. The van der Waals surface area contributed by atoms with Crippen LogP contribution in [0.25, 0.3) is 0 Å². The second-order valence-corrected chi connectivity index (χ2v) is 5.63. The quantitative estimate of drug-likeness (QED) is 0.769. The molecule has 3 saturated carbocycles. The largest absolute Gasteiger partial charge is 0.481 e. The van der Waals surface area contributed by atoms with Crippen molar-refractivity contribution in [3.63, 3.8) is 0 Å². The zero-order chi connectivity index (χ0) is 15.0. The highest BCUT2D eigenvalue weighted by atomic mass is 16.5. The fourth-order valence-electron chi connectivity index (χ4n) is 4.10. The summed E-state index contributed by atoms with van der Waals surface area (Å²) in [7, 11) is 0. The first-order valence-corrected chi connectivity index (χ1v) is 7.16. The van der Waals surface area contributed by atoms with Gasteiger partial charge in [0, 0.05) is 13.2 Å². The minimum absolute atomic E-state index is 0.387. The molecule has 0 aliphatic heterocycles. The smallest absolute Gasteiger partial charge is 0.310 e. The van der Waals surface area contributed by atoms with Gasteiger partial charge in [-0.1, -0.05) is 0 Å². The fourth-order valence-corrected chi connectivity index (χ4v) is 4.10. The van der Waals surface area contributed by atoms with E-state index in [0.717, 1.165) is 0 Å². The number of ether oxygens (including phenoxy) is 2. The highest BCUT2D eigenvalue weighted by Crippen LogP contribution is 2.57. The van der Waals surface area contributed by atoms with E-state index in [1.165, 1.54) is 0 Å². The van der Waals surface area contributed by atoms with Crippen molar-refractivity contribution in [3.05, 3.63) is 0 Å². The van der Waals surface area contributed by atoms with Gasteiger partial charge in [0.25, 0.3) is 0 Å². The Bertz CT molecular complexity index is 358. The molecule has 3 rings (SSSR count). The van der Waals surface area contributed by atoms with Crippen LogP contribution in [-0.2, 0) is 19.1 Å². The molecule has 0 unspecified atom stereocenters. The monoisotopic (exact) mass is 286 g/mol.